The quantitative estimate of drug-likeness (QED) is 0.186. The van der Waals surface area contributed by atoms with Crippen molar-refractivity contribution in [1.82, 2.24) is 30.0 Å². The van der Waals surface area contributed by atoms with Gasteiger partial charge in [0.05, 0.1) is 23.1 Å². The Balaban J connectivity index is 1.25. The van der Waals surface area contributed by atoms with Gasteiger partial charge in [-0.3, -0.25) is 23.9 Å². The molecule has 2 aromatic carbocycles. The number of sulfonamides is 1. The van der Waals surface area contributed by atoms with E-state index in [-0.39, 0.29) is 25.5 Å². The fourth-order valence-electron chi connectivity index (χ4n) is 8.60. The van der Waals surface area contributed by atoms with Crippen LogP contribution in [0.4, 0.5) is 16.2 Å². The first-order valence-electron chi connectivity index (χ1n) is 21.4. The average Bonchev–Trinajstić information content (AvgIpc) is 4.12. The van der Waals surface area contributed by atoms with Crippen LogP contribution in [0.3, 0.4) is 0 Å². The van der Waals surface area contributed by atoms with E-state index in [0.717, 1.165) is 42.6 Å². The second kappa shape index (κ2) is 17.6. The van der Waals surface area contributed by atoms with Gasteiger partial charge in [-0.25, -0.2) is 17.9 Å². The molecule has 0 spiro atoms. The predicted octanol–water partition coefficient (Wildman–Crippen LogP) is 4.21. The molecule has 1 saturated heterocycles. The highest BCUT2D eigenvalue weighted by molar-refractivity contribution is 7.91. The number of ether oxygens (including phenoxy) is 1. The zero-order valence-corrected chi connectivity index (χ0v) is 37.1. The SMILES string of the molecule is C=C[C@@H]1C[C@]1(NC(=O)[C@@H]1C[C@@H](n2ncc(-c3ccc(N(C)C)cc3)c(-c3ccc(N(C)C)cc3)c2=O)CN1C(=O)[C@@H](NC(=O)OC1CCCC1)C(C)C)C(=O)NS(=O)(=O)C1CC1. The molecule has 1 aliphatic heterocycles. The molecule has 0 unspecified atom stereocenters. The lowest BCUT2D eigenvalue weighted by molar-refractivity contribution is -0.141. The minimum atomic E-state index is -3.95. The molecule has 4 fully saturated rings. The second-order valence-electron chi connectivity index (χ2n) is 17.8. The van der Waals surface area contributed by atoms with E-state index < -0.39 is 80.1 Å². The smallest absolute Gasteiger partial charge is 0.408 e. The van der Waals surface area contributed by atoms with Gasteiger partial charge in [-0.2, -0.15) is 5.10 Å². The lowest BCUT2D eigenvalue weighted by Gasteiger charge is -2.31. The molecule has 2 heterocycles. The van der Waals surface area contributed by atoms with Crippen LogP contribution in [0.25, 0.3) is 22.3 Å². The normalized spacial score (nSPS) is 22.8. The van der Waals surface area contributed by atoms with Crippen LogP contribution < -0.4 is 30.7 Å². The fourth-order valence-corrected chi connectivity index (χ4v) is 9.97. The van der Waals surface area contributed by atoms with Crippen LogP contribution in [-0.2, 0) is 29.1 Å². The van der Waals surface area contributed by atoms with E-state index in [9.17, 15) is 32.4 Å². The number of hydrogen-bond donors (Lipinski definition) is 3. The van der Waals surface area contributed by atoms with Crippen molar-refractivity contribution in [1.29, 1.82) is 0 Å². The van der Waals surface area contributed by atoms with Crippen molar-refractivity contribution in [2.75, 3.05) is 44.5 Å². The molecule has 16 nitrogen and oxygen atoms in total. The Morgan fingerprint density at radius 2 is 1.52 bits per heavy atom. The summed E-state index contributed by atoms with van der Waals surface area (Å²) in [6.07, 6.45) is 6.37. The topological polar surface area (TPSA) is 192 Å². The van der Waals surface area contributed by atoms with Crippen LogP contribution in [0.15, 0.2) is 72.2 Å². The lowest BCUT2D eigenvalue weighted by Crippen LogP contribution is -2.59. The highest BCUT2D eigenvalue weighted by Gasteiger charge is 2.62. The van der Waals surface area contributed by atoms with Crippen LogP contribution in [-0.4, -0.2) is 111 Å². The monoisotopic (exact) mass is 870 g/mol. The maximum Gasteiger partial charge on any atom is 0.408 e. The van der Waals surface area contributed by atoms with E-state index in [0.29, 0.717) is 29.5 Å². The van der Waals surface area contributed by atoms with Crippen molar-refractivity contribution in [3.05, 3.63) is 77.7 Å². The summed E-state index contributed by atoms with van der Waals surface area (Å²) in [4.78, 5) is 76.4. The number of amides is 4. The van der Waals surface area contributed by atoms with E-state index >= 15 is 0 Å². The molecule has 17 heteroatoms. The van der Waals surface area contributed by atoms with Crippen molar-refractivity contribution in [3.8, 4) is 22.3 Å². The van der Waals surface area contributed by atoms with Crippen LogP contribution in [0.5, 0.6) is 0 Å². The number of carbonyl (C=O) groups excluding carboxylic acids is 4. The third-order valence-corrected chi connectivity index (χ3v) is 14.4. The maximum absolute atomic E-state index is 14.9. The molecule has 0 bridgehead atoms. The number of anilines is 2. The Morgan fingerprint density at radius 3 is 2.05 bits per heavy atom. The standard InChI is InChI=1S/C45H58N8O8S/c1-8-30-24-45(30,43(57)49-62(59,60)35-21-22-35)48-40(54)37-23-33(26-52(37)42(56)39(27(2)3)47-44(58)61-34-11-9-10-12-34)53-41(55)38(29-15-19-32(20-16-29)51(6)7)36(25-46-53)28-13-17-31(18-14-28)50(4)5/h8,13-20,25,27,30,33-35,37,39H,1,9-12,21-24,26H2,2-7H3,(H,47,58)(H,48,54)(H,49,57)/t30-,33-,37+,39+,45-/m1/s1. The highest BCUT2D eigenvalue weighted by Crippen LogP contribution is 2.46. The van der Waals surface area contributed by atoms with Gasteiger partial charge in [-0.05, 0) is 86.3 Å². The van der Waals surface area contributed by atoms with Crippen molar-refractivity contribution in [2.24, 2.45) is 11.8 Å². The molecule has 3 aliphatic carbocycles. The number of benzene rings is 2. The highest BCUT2D eigenvalue weighted by atomic mass is 32.2. The summed E-state index contributed by atoms with van der Waals surface area (Å²) in [5.74, 6) is -3.17. The molecular formula is C45H58N8O8S. The zero-order chi connectivity index (χ0) is 44.7. The summed E-state index contributed by atoms with van der Waals surface area (Å²) in [6.45, 7) is 7.20. The van der Waals surface area contributed by atoms with Crippen LogP contribution >= 0.6 is 0 Å². The Hall–Kier alpha value is -5.71. The summed E-state index contributed by atoms with van der Waals surface area (Å²) < 4.78 is 34.8. The summed E-state index contributed by atoms with van der Waals surface area (Å²) in [5, 5.41) is 9.56. The number of aromatic nitrogens is 2. The molecule has 332 valence electrons. The van der Waals surface area contributed by atoms with Gasteiger partial charge in [0.1, 0.15) is 23.7 Å². The molecule has 3 saturated carbocycles. The third-order valence-electron chi connectivity index (χ3n) is 12.6. The summed E-state index contributed by atoms with van der Waals surface area (Å²) in [5.41, 5.74) is 2.24. The predicted molar refractivity (Wildman–Crippen MR) is 237 cm³/mol. The van der Waals surface area contributed by atoms with E-state index in [1.54, 1.807) is 20.0 Å². The van der Waals surface area contributed by atoms with Crippen molar-refractivity contribution >= 4 is 45.2 Å². The summed E-state index contributed by atoms with van der Waals surface area (Å²) in [6, 6.07) is 12.2. The first-order chi connectivity index (χ1) is 29.4. The molecule has 5 atom stereocenters. The molecule has 4 aliphatic rings. The van der Waals surface area contributed by atoms with Gasteiger partial charge in [0.25, 0.3) is 11.5 Å². The molecule has 0 radical (unpaired) electrons. The second-order valence-corrected chi connectivity index (χ2v) is 19.8. The Kier molecular flexibility index (Phi) is 12.6. The number of carbonyl (C=O) groups is 4. The number of alkyl carbamates (subject to hydrolysis) is 1. The van der Waals surface area contributed by atoms with Gasteiger partial charge < -0.3 is 30.1 Å². The number of nitrogens with zero attached hydrogens (tertiary/aromatic N) is 5. The minimum Gasteiger partial charge on any atom is -0.446 e. The van der Waals surface area contributed by atoms with E-state index in [4.69, 9.17) is 4.74 Å². The number of likely N-dealkylation sites (tertiary alicyclic amines) is 1. The Labute approximate surface area is 363 Å². The van der Waals surface area contributed by atoms with Crippen LogP contribution in [0, 0.1) is 11.8 Å². The van der Waals surface area contributed by atoms with Crippen molar-refractivity contribution in [3.63, 3.8) is 0 Å². The molecule has 3 aromatic rings. The average molecular weight is 871 g/mol. The van der Waals surface area contributed by atoms with Gasteiger partial charge in [-0.15, -0.1) is 6.58 Å². The molecule has 7 rings (SSSR count). The van der Waals surface area contributed by atoms with Gasteiger partial charge in [0, 0.05) is 64.0 Å². The van der Waals surface area contributed by atoms with E-state index in [1.165, 1.54) is 15.7 Å². The van der Waals surface area contributed by atoms with Gasteiger partial charge in [0.2, 0.25) is 21.8 Å². The van der Waals surface area contributed by atoms with Gasteiger partial charge in [0.15, 0.2) is 0 Å². The van der Waals surface area contributed by atoms with Crippen LogP contribution in [0.1, 0.15) is 71.3 Å². The zero-order valence-electron chi connectivity index (χ0n) is 36.3. The first kappa shape index (κ1) is 44.3. The lowest BCUT2D eigenvalue weighted by atomic mass is 9.96. The van der Waals surface area contributed by atoms with Crippen LogP contribution in [0.2, 0.25) is 0 Å². The minimum absolute atomic E-state index is 0.0749. The molecule has 62 heavy (non-hydrogen) atoms. The third kappa shape index (κ3) is 9.08. The van der Waals surface area contributed by atoms with Gasteiger partial charge in [-0.1, -0.05) is 44.2 Å². The molecular weight excluding hydrogens is 813 g/mol. The number of rotatable bonds is 15. The number of hydrogen-bond acceptors (Lipinski definition) is 11. The maximum atomic E-state index is 14.9. The summed E-state index contributed by atoms with van der Waals surface area (Å²) >= 11 is 0. The Morgan fingerprint density at radius 1 is 0.919 bits per heavy atom. The molecule has 3 N–H and O–H groups in total. The first-order valence-corrected chi connectivity index (χ1v) is 22.9. The van der Waals surface area contributed by atoms with E-state index in [1.807, 2.05) is 86.5 Å². The van der Waals surface area contributed by atoms with Crippen molar-refractivity contribution < 1.29 is 32.3 Å². The van der Waals surface area contributed by atoms with Crippen molar-refractivity contribution in [2.45, 2.75) is 100 Å². The summed E-state index contributed by atoms with van der Waals surface area (Å²) in [7, 11) is 3.79. The van der Waals surface area contributed by atoms with Gasteiger partial charge >= 0.3 is 6.09 Å². The van der Waals surface area contributed by atoms with E-state index in [2.05, 4.69) is 27.0 Å². The largest absolute Gasteiger partial charge is 0.446 e. The molecule has 1 aromatic heterocycles. The fraction of sp³-hybridized carbons (Fsp3) is 0.511. The Bertz CT molecular complexity index is 2370. The number of nitrogens with one attached hydrogen (secondary N) is 3. The molecule has 4 amide bonds.